The first-order valence-electron chi connectivity index (χ1n) is 9.89. The van der Waals surface area contributed by atoms with Crippen molar-refractivity contribution in [1.29, 1.82) is 0 Å². The second-order valence-electron chi connectivity index (χ2n) is 7.68. The molecule has 0 radical (unpaired) electrons. The van der Waals surface area contributed by atoms with Gasteiger partial charge in [-0.3, -0.25) is 10.1 Å². The fraction of sp³-hybridized carbons (Fsp3) is 0.273. The van der Waals surface area contributed by atoms with Gasteiger partial charge in [0.1, 0.15) is 0 Å². The molecular formula is C22H20F3N5OS. The lowest BCUT2D eigenvalue weighted by molar-refractivity contribution is -0.137. The molecule has 4 rings (SSSR count). The van der Waals surface area contributed by atoms with E-state index in [2.05, 4.69) is 20.4 Å². The molecule has 1 N–H and O–H groups in total. The number of fused-ring (bicyclic) bond motifs is 1. The number of halogens is 3. The Kier molecular flexibility index (Phi) is 5.72. The Morgan fingerprint density at radius 2 is 2.00 bits per heavy atom. The topological polar surface area (TPSA) is 72.7 Å². The lowest BCUT2D eigenvalue weighted by Gasteiger charge is -2.09. The first-order valence-corrected chi connectivity index (χ1v) is 10.7. The molecule has 1 amide bonds. The van der Waals surface area contributed by atoms with Gasteiger partial charge in [0.25, 0.3) is 5.91 Å². The van der Waals surface area contributed by atoms with Crippen LogP contribution in [0.3, 0.4) is 0 Å². The van der Waals surface area contributed by atoms with Crippen LogP contribution in [0.2, 0.25) is 0 Å². The van der Waals surface area contributed by atoms with E-state index >= 15 is 0 Å². The number of nitrogens with one attached hydrogen (secondary N) is 1. The molecule has 0 aliphatic carbocycles. The number of hydrogen-bond donors (Lipinski definition) is 1. The maximum atomic E-state index is 12.9. The van der Waals surface area contributed by atoms with E-state index in [0.29, 0.717) is 34.0 Å². The second kappa shape index (κ2) is 8.34. The number of aromatic nitrogens is 4. The lowest BCUT2D eigenvalue weighted by Crippen LogP contribution is -2.14. The van der Waals surface area contributed by atoms with E-state index in [1.807, 2.05) is 13.8 Å². The minimum absolute atomic E-state index is 0.143. The summed E-state index contributed by atoms with van der Waals surface area (Å²) in [5.74, 6) is -0.353. The predicted octanol–water partition coefficient (Wildman–Crippen LogP) is 5.64. The van der Waals surface area contributed by atoms with Crippen LogP contribution in [0, 0.1) is 6.92 Å². The molecule has 0 saturated carbocycles. The monoisotopic (exact) mass is 459 g/mol. The third-order valence-electron chi connectivity index (χ3n) is 4.90. The van der Waals surface area contributed by atoms with Gasteiger partial charge in [0.15, 0.2) is 10.8 Å². The minimum atomic E-state index is -4.39. The summed E-state index contributed by atoms with van der Waals surface area (Å²) in [4.78, 5) is 22.3. The Morgan fingerprint density at radius 3 is 2.72 bits per heavy atom. The van der Waals surface area contributed by atoms with Crippen LogP contribution < -0.4 is 5.32 Å². The summed E-state index contributed by atoms with van der Waals surface area (Å²) in [7, 11) is 0. The van der Waals surface area contributed by atoms with E-state index in [1.54, 1.807) is 36.1 Å². The zero-order chi connectivity index (χ0) is 23.0. The number of aryl methyl sites for hydroxylation is 1. The largest absolute Gasteiger partial charge is 0.416 e. The number of hydrogen-bond acceptors (Lipinski definition) is 5. The van der Waals surface area contributed by atoms with Crippen molar-refractivity contribution in [3.63, 3.8) is 0 Å². The van der Waals surface area contributed by atoms with Crippen LogP contribution in [0.25, 0.3) is 11.0 Å². The van der Waals surface area contributed by atoms with Gasteiger partial charge in [0.2, 0.25) is 0 Å². The number of benzene rings is 1. The molecule has 0 saturated heterocycles. The quantitative estimate of drug-likeness (QED) is 0.419. The summed E-state index contributed by atoms with van der Waals surface area (Å²) in [6.07, 6.45) is -0.865. The number of thiazole rings is 1. The van der Waals surface area contributed by atoms with Crippen molar-refractivity contribution in [2.24, 2.45) is 0 Å². The van der Waals surface area contributed by atoms with Crippen molar-refractivity contribution in [1.82, 2.24) is 19.7 Å². The fourth-order valence-corrected chi connectivity index (χ4v) is 4.19. The Bertz CT molecular complexity index is 1290. The smallest absolute Gasteiger partial charge is 0.298 e. The number of pyridine rings is 1. The summed E-state index contributed by atoms with van der Waals surface area (Å²) >= 11 is 1.22. The molecule has 0 spiro atoms. The van der Waals surface area contributed by atoms with Crippen LogP contribution in [0.4, 0.5) is 18.3 Å². The highest BCUT2D eigenvalue weighted by molar-refractivity contribution is 7.15. The summed E-state index contributed by atoms with van der Waals surface area (Å²) < 4.78 is 40.6. The Labute approximate surface area is 186 Å². The van der Waals surface area contributed by atoms with Crippen LogP contribution in [0.1, 0.15) is 51.9 Å². The van der Waals surface area contributed by atoms with Gasteiger partial charge in [-0.05, 0) is 38.5 Å². The number of carbonyl (C=O) groups is 1. The van der Waals surface area contributed by atoms with Crippen LogP contribution >= 0.6 is 11.3 Å². The number of nitrogens with zero attached hydrogens (tertiary/aromatic N) is 4. The van der Waals surface area contributed by atoms with Crippen LogP contribution in [-0.2, 0) is 12.6 Å². The SMILES string of the molecule is Cc1nc2c(cnn2C(C)C)cc1C(=O)Nc1ncc(Cc2cccc(C(F)(F)F)c2)s1. The van der Waals surface area contributed by atoms with Gasteiger partial charge in [-0.2, -0.15) is 18.3 Å². The molecule has 4 aromatic rings. The molecule has 3 heterocycles. The Morgan fingerprint density at radius 1 is 1.22 bits per heavy atom. The van der Waals surface area contributed by atoms with Crippen LogP contribution in [0.5, 0.6) is 0 Å². The Balaban J connectivity index is 1.50. The summed E-state index contributed by atoms with van der Waals surface area (Å²) in [6.45, 7) is 5.76. The van der Waals surface area contributed by atoms with Crippen LogP contribution in [-0.4, -0.2) is 25.7 Å². The maximum absolute atomic E-state index is 12.9. The van der Waals surface area contributed by atoms with Crippen LogP contribution in [0.15, 0.2) is 42.7 Å². The van der Waals surface area contributed by atoms with Crippen molar-refractivity contribution in [2.45, 2.75) is 39.4 Å². The Hall–Kier alpha value is -3.27. The molecule has 6 nitrogen and oxygen atoms in total. The molecule has 10 heteroatoms. The van der Waals surface area contributed by atoms with Crippen molar-refractivity contribution < 1.29 is 18.0 Å². The summed E-state index contributed by atoms with van der Waals surface area (Å²) in [6, 6.07) is 7.07. The van der Waals surface area contributed by atoms with Crippen molar-refractivity contribution in [3.05, 3.63) is 70.0 Å². The molecular weight excluding hydrogens is 439 g/mol. The third kappa shape index (κ3) is 4.50. The molecule has 166 valence electrons. The van der Waals surface area contributed by atoms with Crippen molar-refractivity contribution >= 4 is 33.4 Å². The van der Waals surface area contributed by atoms with Gasteiger partial charge < -0.3 is 0 Å². The second-order valence-corrected chi connectivity index (χ2v) is 8.79. The van der Waals surface area contributed by atoms with E-state index in [0.717, 1.165) is 22.4 Å². The van der Waals surface area contributed by atoms with E-state index < -0.39 is 11.7 Å². The van der Waals surface area contributed by atoms with Gasteiger partial charge in [-0.25, -0.2) is 14.6 Å². The summed E-state index contributed by atoms with van der Waals surface area (Å²) in [5, 5.41) is 8.22. The highest BCUT2D eigenvalue weighted by Crippen LogP contribution is 2.31. The normalized spacial score (nSPS) is 12.0. The van der Waals surface area contributed by atoms with E-state index in [9.17, 15) is 18.0 Å². The molecule has 0 atom stereocenters. The summed E-state index contributed by atoms with van der Waals surface area (Å²) in [5.41, 5.74) is 1.53. The average Bonchev–Trinajstić information content (AvgIpc) is 3.33. The molecule has 0 bridgehead atoms. The van der Waals surface area contributed by atoms with Crippen molar-refractivity contribution in [3.8, 4) is 0 Å². The number of amides is 1. The third-order valence-corrected chi connectivity index (χ3v) is 5.81. The fourth-order valence-electron chi connectivity index (χ4n) is 3.34. The predicted molar refractivity (Wildman–Crippen MR) is 117 cm³/mol. The number of carbonyl (C=O) groups excluding carboxylic acids is 1. The molecule has 0 aliphatic heterocycles. The van der Waals surface area contributed by atoms with Crippen molar-refractivity contribution in [2.75, 3.05) is 5.32 Å². The van der Waals surface area contributed by atoms with E-state index in [-0.39, 0.29) is 11.9 Å². The number of rotatable bonds is 5. The van der Waals surface area contributed by atoms with Gasteiger partial charge >= 0.3 is 6.18 Å². The van der Waals surface area contributed by atoms with Gasteiger partial charge in [-0.1, -0.05) is 18.2 Å². The first kappa shape index (κ1) is 21.9. The molecule has 1 aromatic carbocycles. The lowest BCUT2D eigenvalue weighted by atomic mass is 10.1. The zero-order valence-electron chi connectivity index (χ0n) is 17.6. The molecule has 32 heavy (non-hydrogen) atoms. The minimum Gasteiger partial charge on any atom is -0.298 e. The van der Waals surface area contributed by atoms with Gasteiger partial charge in [-0.15, -0.1) is 11.3 Å². The van der Waals surface area contributed by atoms with E-state index in [1.165, 1.54) is 17.4 Å². The zero-order valence-corrected chi connectivity index (χ0v) is 18.4. The maximum Gasteiger partial charge on any atom is 0.416 e. The van der Waals surface area contributed by atoms with Gasteiger partial charge in [0.05, 0.1) is 23.0 Å². The molecule has 0 fully saturated rings. The molecule has 3 aromatic heterocycles. The highest BCUT2D eigenvalue weighted by atomic mass is 32.1. The highest BCUT2D eigenvalue weighted by Gasteiger charge is 2.30. The molecule has 0 aliphatic rings. The number of anilines is 1. The first-order chi connectivity index (χ1) is 15.1. The van der Waals surface area contributed by atoms with Gasteiger partial charge in [0, 0.05) is 28.9 Å². The standard InChI is InChI=1S/C22H20F3N5OS/c1-12(2)30-19-15(10-27-30)9-18(13(3)28-19)20(31)29-21-26-11-17(32-21)8-14-5-4-6-16(7-14)22(23,24)25/h4-7,9-12H,8H2,1-3H3,(H,26,29,31). The average molecular weight is 459 g/mol. The number of alkyl halides is 3. The van der Waals surface area contributed by atoms with E-state index in [4.69, 9.17) is 0 Å². The molecule has 0 unspecified atom stereocenters.